The number of nitrogens with zero attached hydrogens (tertiary/aromatic N) is 1. The summed E-state index contributed by atoms with van der Waals surface area (Å²) in [4.78, 5) is 0. The average Bonchev–Trinajstić information content (AvgIpc) is 2.73. The fourth-order valence-electron chi connectivity index (χ4n) is 1.34. The van der Waals surface area contributed by atoms with Gasteiger partial charge in [0, 0.05) is 17.3 Å². The van der Waals surface area contributed by atoms with Gasteiger partial charge in [-0.2, -0.15) is 5.10 Å². The van der Waals surface area contributed by atoms with Gasteiger partial charge >= 0.3 is 0 Å². The summed E-state index contributed by atoms with van der Waals surface area (Å²) in [6.45, 7) is 3.47. The van der Waals surface area contributed by atoms with Crippen molar-refractivity contribution >= 4 is 20.9 Å². The van der Waals surface area contributed by atoms with E-state index in [4.69, 9.17) is 0 Å². The minimum atomic E-state index is -3.37. The Balaban J connectivity index is 2.18. The van der Waals surface area contributed by atoms with E-state index in [1.165, 1.54) is 0 Å². The Labute approximate surface area is 93.2 Å². The van der Waals surface area contributed by atoms with Crippen molar-refractivity contribution in [1.82, 2.24) is 14.9 Å². The molecule has 5 nitrogen and oxygen atoms in total. The monoisotopic (exact) mass is 237 g/mol. The normalized spacial score (nSPS) is 11.8. The van der Waals surface area contributed by atoms with Crippen molar-refractivity contribution in [2.75, 3.05) is 0 Å². The molecule has 2 aromatic rings. The van der Waals surface area contributed by atoms with Crippen LogP contribution in [0.25, 0.3) is 10.9 Å². The molecule has 0 aliphatic rings. The summed E-state index contributed by atoms with van der Waals surface area (Å²) in [7, 11) is -3.37. The number of hydrogen-bond acceptors (Lipinski definition) is 3. The summed E-state index contributed by atoms with van der Waals surface area (Å²) in [6.07, 6.45) is 1.70. The molecule has 0 radical (unpaired) electrons. The Morgan fingerprint density at radius 2 is 2.31 bits per heavy atom. The first-order valence-corrected chi connectivity index (χ1v) is 6.19. The molecule has 1 aromatic carbocycles. The van der Waals surface area contributed by atoms with Gasteiger partial charge in [0.25, 0.3) is 0 Å². The maximum absolute atomic E-state index is 11.1. The van der Waals surface area contributed by atoms with Crippen LogP contribution in [0.15, 0.2) is 36.4 Å². The number of sulfonamides is 1. The molecule has 0 spiro atoms. The van der Waals surface area contributed by atoms with E-state index in [2.05, 4.69) is 21.5 Å². The molecule has 16 heavy (non-hydrogen) atoms. The van der Waals surface area contributed by atoms with Gasteiger partial charge in [0.2, 0.25) is 10.0 Å². The summed E-state index contributed by atoms with van der Waals surface area (Å²) in [5, 5.41) is 8.56. The summed E-state index contributed by atoms with van der Waals surface area (Å²) in [5.41, 5.74) is 1.80. The largest absolute Gasteiger partial charge is 0.278 e. The third kappa shape index (κ3) is 2.29. The van der Waals surface area contributed by atoms with Gasteiger partial charge in [0.05, 0.1) is 11.7 Å². The second-order valence-electron chi connectivity index (χ2n) is 3.32. The van der Waals surface area contributed by atoms with Gasteiger partial charge in [0.1, 0.15) is 0 Å². The molecular weight excluding hydrogens is 226 g/mol. The molecule has 1 aromatic heterocycles. The van der Waals surface area contributed by atoms with E-state index in [1.54, 1.807) is 6.20 Å². The van der Waals surface area contributed by atoms with Gasteiger partial charge in [-0.25, -0.2) is 13.1 Å². The van der Waals surface area contributed by atoms with Crippen molar-refractivity contribution in [3.05, 3.63) is 41.9 Å². The third-order valence-electron chi connectivity index (χ3n) is 2.20. The van der Waals surface area contributed by atoms with E-state index in [0.717, 1.165) is 21.9 Å². The molecule has 6 heteroatoms. The van der Waals surface area contributed by atoms with Gasteiger partial charge < -0.3 is 0 Å². The van der Waals surface area contributed by atoms with E-state index in [0.29, 0.717) is 0 Å². The standard InChI is InChI=1S/C10H11N3O2S/c1-2-16(14,15)12-6-8-3-4-10-9(5-8)7-11-13-10/h2-5,7,12H,1,6H2,(H,11,13). The summed E-state index contributed by atoms with van der Waals surface area (Å²) in [5.74, 6) is 0. The van der Waals surface area contributed by atoms with Gasteiger partial charge in [-0.05, 0) is 17.7 Å². The van der Waals surface area contributed by atoms with Crippen molar-refractivity contribution in [3.63, 3.8) is 0 Å². The number of hydrogen-bond donors (Lipinski definition) is 2. The number of aromatic nitrogens is 2. The molecule has 0 saturated heterocycles. The number of H-pyrrole nitrogens is 1. The van der Waals surface area contributed by atoms with Gasteiger partial charge in [-0.15, -0.1) is 0 Å². The molecule has 0 atom stereocenters. The molecule has 0 aliphatic carbocycles. The number of aromatic amines is 1. The molecule has 2 N–H and O–H groups in total. The maximum Gasteiger partial charge on any atom is 0.233 e. The predicted octanol–water partition coefficient (Wildman–Crippen LogP) is 1.13. The van der Waals surface area contributed by atoms with Gasteiger partial charge in [0.15, 0.2) is 0 Å². The lowest BCUT2D eigenvalue weighted by Crippen LogP contribution is -2.20. The zero-order valence-electron chi connectivity index (χ0n) is 8.47. The van der Waals surface area contributed by atoms with Crippen LogP contribution < -0.4 is 4.72 Å². The minimum Gasteiger partial charge on any atom is -0.278 e. The van der Waals surface area contributed by atoms with Crippen LogP contribution in [0.3, 0.4) is 0 Å². The molecule has 84 valence electrons. The van der Waals surface area contributed by atoms with Gasteiger partial charge in [-0.3, -0.25) is 5.10 Å². The van der Waals surface area contributed by atoms with Crippen molar-refractivity contribution in [2.45, 2.75) is 6.54 Å². The second kappa shape index (κ2) is 4.07. The summed E-state index contributed by atoms with van der Waals surface area (Å²) >= 11 is 0. The van der Waals surface area contributed by atoms with Crippen molar-refractivity contribution in [2.24, 2.45) is 0 Å². The summed E-state index contributed by atoms with van der Waals surface area (Å²) < 4.78 is 24.7. The second-order valence-corrected chi connectivity index (χ2v) is 5.04. The predicted molar refractivity (Wildman–Crippen MR) is 62.1 cm³/mol. The van der Waals surface area contributed by atoms with E-state index in [-0.39, 0.29) is 6.54 Å². The molecule has 0 aliphatic heterocycles. The maximum atomic E-state index is 11.1. The number of fused-ring (bicyclic) bond motifs is 1. The Bertz CT molecular complexity index is 616. The highest BCUT2D eigenvalue weighted by molar-refractivity contribution is 7.92. The third-order valence-corrected chi connectivity index (χ3v) is 3.19. The summed E-state index contributed by atoms with van der Waals surface area (Å²) in [6, 6.07) is 5.58. The van der Waals surface area contributed by atoms with Crippen LogP contribution in [0, 0.1) is 0 Å². The van der Waals surface area contributed by atoms with Crippen LogP contribution in [-0.2, 0) is 16.6 Å². The molecule has 0 bridgehead atoms. The fraction of sp³-hybridized carbons (Fsp3) is 0.100. The molecular formula is C10H11N3O2S. The zero-order valence-corrected chi connectivity index (χ0v) is 9.29. The SMILES string of the molecule is C=CS(=O)(=O)NCc1ccc2[nH]ncc2c1. The first kappa shape index (κ1) is 10.8. The Morgan fingerprint density at radius 1 is 1.50 bits per heavy atom. The van der Waals surface area contributed by atoms with E-state index >= 15 is 0 Å². The molecule has 0 saturated carbocycles. The highest BCUT2D eigenvalue weighted by atomic mass is 32.2. The van der Waals surface area contributed by atoms with Crippen LogP contribution in [0.2, 0.25) is 0 Å². The average molecular weight is 237 g/mol. The number of rotatable bonds is 4. The highest BCUT2D eigenvalue weighted by Crippen LogP contribution is 2.12. The zero-order chi connectivity index (χ0) is 11.6. The van der Waals surface area contributed by atoms with Crippen LogP contribution in [0.5, 0.6) is 0 Å². The lowest BCUT2D eigenvalue weighted by molar-refractivity contribution is 0.590. The van der Waals surface area contributed by atoms with E-state index in [1.807, 2.05) is 18.2 Å². The van der Waals surface area contributed by atoms with Crippen molar-refractivity contribution < 1.29 is 8.42 Å². The Kier molecular flexibility index (Phi) is 2.76. The Morgan fingerprint density at radius 3 is 3.06 bits per heavy atom. The van der Waals surface area contributed by atoms with E-state index in [9.17, 15) is 8.42 Å². The molecule has 1 heterocycles. The van der Waals surface area contributed by atoms with Gasteiger partial charge in [-0.1, -0.05) is 12.6 Å². The molecule has 0 unspecified atom stereocenters. The van der Waals surface area contributed by atoms with Crippen molar-refractivity contribution in [1.29, 1.82) is 0 Å². The fourth-order valence-corrected chi connectivity index (χ4v) is 1.83. The number of benzene rings is 1. The Hall–Kier alpha value is -1.66. The van der Waals surface area contributed by atoms with Crippen molar-refractivity contribution in [3.8, 4) is 0 Å². The molecule has 0 fully saturated rings. The number of nitrogens with one attached hydrogen (secondary N) is 2. The van der Waals surface area contributed by atoms with Crippen LogP contribution >= 0.6 is 0 Å². The topological polar surface area (TPSA) is 74.8 Å². The lowest BCUT2D eigenvalue weighted by atomic mass is 10.2. The van der Waals surface area contributed by atoms with E-state index < -0.39 is 10.0 Å². The lowest BCUT2D eigenvalue weighted by Gasteiger charge is -2.02. The first-order valence-electron chi connectivity index (χ1n) is 4.65. The minimum absolute atomic E-state index is 0.246. The quantitative estimate of drug-likeness (QED) is 0.837. The van der Waals surface area contributed by atoms with Crippen LogP contribution in [-0.4, -0.2) is 18.6 Å². The van der Waals surface area contributed by atoms with Crippen LogP contribution in [0.4, 0.5) is 0 Å². The molecule has 2 rings (SSSR count). The first-order chi connectivity index (χ1) is 7.61. The highest BCUT2D eigenvalue weighted by Gasteiger charge is 2.04. The van der Waals surface area contributed by atoms with Crippen LogP contribution in [0.1, 0.15) is 5.56 Å². The smallest absolute Gasteiger partial charge is 0.233 e. The molecule has 0 amide bonds.